The molecule has 0 saturated heterocycles. The lowest BCUT2D eigenvalue weighted by atomic mass is 10.2. The van der Waals surface area contributed by atoms with Crippen LogP contribution in [0.15, 0.2) is 48.5 Å². The molecule has 0 aromatic heterocycles. The second kappa shape index (κ2) is 8.13. The molecule has 0 unspecified atom stereocenters. The van der Waals surface area contributed by atoms with Gasteiger partial charge in [0.05, 0.1) is 11.9 Å². The van der Waals surface area contributed by atoms with Crippen LogP contribution in [0.25, 0.3) is 0 Å². The molecule has 0 aliphatic rings. The summed E-state index contributed by atoms with van der Waals surface area (Å²) >= 11 is 0. The normalized spacial score (nSPS) is 11.3. The number of carbonyl (C=O) groups excluding carboxylic acids is 1. The molecular weight excluding hydrogens is 366 g/mol. The highest BCUT2D eigenvalue weighted by atomic mass is 32.2. The van der Waals surface area contributed by atoms with Crippen LogP contribution >= 0.6 is 0 Å². The molecular formula is C17H18F2N2O4S. The maximum absolute atomic E-state index is 12.3. The molecule has 0 saturated carbocycles. The van der Waals surface area contributed by atoms with Crippen molar-refractivity contribution in [1.29, 1.82) is 0 Å². The average Bonchev–Trinajstić information content (AvgIpc) is 2.52. The summed E-state index contributed by atoms with van der Waals surface area (Å²) < 4.78 is 54.0. The predicted octanol–water partition coefficient (Wildman–Crippen LogP) is 3.00. The zero-order valence-electron chi connectivity index (χ0n) is 14.1. The lowest BCUT2D eigenvalue weighted by Crippen LogP contribution is -2.37. The molecule has 0 bridgehead atoms. The summed E-state index contributed by atoms with van der Waals surface area (Å²) in [5.41, 5.74) is 1.30. The van der Waals surface area contributed by atoms with Crippen molar-refractivity contribution >= 4 is 27.3 Å². The molecule has 2 aromatic rings. The molecule has 2 aromatic carbocycles. The summed E-state index contributed by atoms with van der Waals surface area (Å²) in [6.45, 7) is -1.71. The Balaban J connectivity index is 2.17. The number of halogens is 2. The minimum absolute atomic E-state index is 0.114. The number of para-hydroxylation sites is 1. The number of sulfonamides is 1. The standard InChI is InChI=1S/C17H18F2N2O4S/c1-12-6-3-4-9-15(12)21(26(2,23)24)11-16(22)20-13-7-5-8-14(10-13)25-17(18)19/h3-10,17H,11H2,1-2H3,(H,20,22). The van der Waals surface area contributed by atoms with Crippen molar-refractivity contribution in [2.75, 3.05) is 22.4 Å². The van der Waals surface area contributed by atoms with Crippen LogP contribution in [-0.2, 0) is 14.8 Å². The van der Waals surface area contributed by atoms with Crippen molar-refractivity contribution in [3.63, 3.8) is 0 Å². The number of carbonyl (C=O) groups is 1. The zero-order chi connectivity index (χ0) is 19.3. The summed E-state index contributed by atoms with van der Waals surface area (Å²) in [7, 11) is -3.70. The van der Waals surface area contributed by atoms with Gasteiger partial charge in [-0.15, -0.1) is 0 Å². The van der Waals surface area contributed by atoms with Gasteiger partial charge in [0.1, 0.15) is 12.3 Å². The average molecular weight is 384 g/mol. The number of ether oxygens (including phenoxy) is 1. The quantitative estimate of drug-likeness (QED) is 0.796. The van der Waals surface area contributed by atoms with E-state index in [0.717, 1.165) is 10.6 Å². The van der Waals surface area contributed by atoms with Gasteiger partial charge < -0.3 is 10.1 Å². The van der Waals surface area contributed by atoms with Crippen molar-refractivity contribution in [2.24, 2.45) is 0 Å². The van der Waals surface area contributed by atoms with E-state index in [1.165, 1.54) is 24.3 Å². The Kier molecular flexibility index (Phi) is 6.14. The second-order valence-electron chi connectivity index (χ2n) is 5.51. The molecule has 6 nitrogen and oxygen atoms in total. The van der Waals surface area contributed by atoms with Crippen LogP contribution in [0.3, 0.4) is 0 Å². The molecule has 0 aliphatic heterocycles. The van der Waals surface area contributed by atoms with Crippen LogP contribution < -0.4 is 14.4 Å². The van der Waals surface area contributed by atoms with E-state index < -0.39 is 29.1 Å². The number of rotatable bonds is 7. The van der Waals surface area contributed by atoms with Gasteiger partial charge in [-0.3, -0.25) is 9.10 Å². The minimum atomic E-state index is -3.70. The lowest BCUT2D eigenvalue weighted by molar-refractivity contribution is -0.114. The number of hydrogen-bond acceptors (Lipinski definition) is 4. The number of hydrogen-bond donors (Lipinski definition) is 1. The van der Waals surface area contributed by atoms with Gasteiger partial charge in [0.15, 0.2) is 0 Å². The van der Waals surface area contributed by atoms with Crippen molar-refractivity contribution in [1.82, 2.24) is 0 Å². The molecule has 0 radical (unpaired) electrons. The van der Waals surface area contributed by atoms with E-state index in [-0.39, 0.29) is 11.4 Å². The van der Waals surface area contributed by atoms with E-state index in [9.17, 15) is 22.0 Å². The summed E-state index contributed by atoms with van der Waals surface area (Å²) in [6, 6.07) is 12.2. The first-order chi connectivity index (χ1) is 12.2. The first kappa shape index (κ1) is 19.6. The Morgan fingerprint density at radius 2 is 1.88 bits per heavy atom. The van der Waals surface area contributed by atoms with E-state index in [2.05, 4.69) is 10.1 Å². The fourth-order valence-corrected chi connectivity index (χ4v) is 3.22. The molecule has 0 atom stereocenters. The zero-order valence-corrected chi connectivity index (χ0v) is 15.0. The van der Waals surface area contributed by atoms with Gasteiger partial charge in [0, 0.05) is 11.8 Å². The maximum atomic E-state index is 12.3. The van der Waals surface area contributed by atoms with Crippen molar-refractivity contribution in [3.8, 4) is 5.75 Å². The molecule has 26 heavy (non-hydrogen) atoms. The largest absolute Gasteiger partial charge is 0.435 e. The fourth-order valence-electron chi connectivity index (χ4n) is 2.31. The number of amides is 1. The van der Waals surface area contributed by atoms with Crippen LogP contribution in [-0.4, -0.2) is 33.7 Å². The molecule has 2 rings (SSSR count). The van der Waals surface area contributed by atoms with Gasteiger partial charge in [0.25, 0.3) is 0 Å². The topological polar surface area (TPSA) is 75.7 Å². The number of nitrogens with zero attached hydrogens (tertiary/aromatic N) is 1. The van der Waals surface area contributed by atoms with Gasteiger partial charge in [0.2, 0.25) is 15.9 Å². The van der Waals surface area contributed by atoms with E-state index in [4.69, 9.17) is 0 Å². The summed E-state index contributed by atoms with van der Waals surface area (Å²) in [6.07, 6.45) is 1.00. The van der Waals surface area contributed by atoms with Crippen LogP contribution in [0, 0.1) is 6.92 Å². The molecule has 1 N–H and O–H groups in total. The van der Waals surface area contributed by atoms with E-state index >= 15 is 0 Å². The van der Waals surface area contributed by atoms with Gasteiger partial charge >= 0.3 is 6.61 Å². The number of alkyl halides is 2. The summed E-state index contributed by atoms with van der Waals surface area (Å²) in [4.78, 5) is 12.3. The lowest BCUT2D eigenvalue weighted by Gasteiger charge is -2.23. The van der Waals surface area contributed by atoms with Crippen molar-refractivity contribution < 1.29 is 26.7 Å². The Bertz CT molecular complexity index is 888. The Hall–Kier alpha value is -2.68. The number of anilines is 2. The van der Waals surface area contributed by atoms with Crippen LogP contribution in [0.2, 0.25) is 0 Å². The van der Waals surface area contributed by atoms with Gasteiger partial charge in [-0.25, -0.2) is 8.42 Å². The molecule has 0 heterocycles. The van der Waals surface area contributed by atoms with E-state index in [1.807, 2.05) is 0 Å². The van der Waals surface area contributed by atoms with Gasteiger partial charge in [-0.05, 0) is 30.7 Å². The second-order valence-corrected chi connectivity index (χ2v) is 7.42. The van der Waals surface area contributed by atoms with Gasteiger partial charge in [-0.1, -0.05) is 24.3 Å². The fraction of sp³-hybridized carbons (Fsp3) is 0.235. The third-order valence-electron chi connectivity index (χ3n) is 3.41. The first-order valence-corrected chi connectivity index (χ1v) is 9.39. The van der Waals surface area contributed by atoms with Gasteiger partial charge in [-0.2, -0.15) is 8.78 Å². The number of nitrogens with one attached hydrogen (secondary N) is 1. The smallest absolute Gasteiger partial charge is 0.387 e. The van der Waals surface area contributed by atoms with E-state index in [1.54, 1.807) is 31.2 Å². The minimum Gasteiger partial charge on any atom is -0.435 e. The molecule has 140 valence electrons. The first-order valence-electron chi connectivity index (χ1n) is 7.55. The molecule has 0 spiro atoms. The molecule has 0 fully saturated rings. The highest BCUT2D eigenvalue weighted by molar-refractivity contribution is 7.92. The van der Waals surface area contributed by atoms with Crippen LogP contribution in [0.1, 0.15) is 5.56 Å². The number of aryl methyl sites for hydroxylation is 1. The Morgan fingerprint density at radius 1 is 1.19 bits per heavy atom. The number of benzene rings is 2. The highest BCUT2D eigenvalue weighted by Crippen LogP contribution is 2.23. The molecule has 1 amide bonds. The summed E-state index contributed by atoms with van der Waals surface area (Å²) in [5.74, 6) is -0.732. The maximum Gasteiger partial charge on any atom is 0.387 e. The Labute approximate surface area is 150 Å². The van der Waals surface area contributed by atoms with Crippen molar-refractivity contribution in [2.45, 2.75) is 13.5 Å². The summed E-state index contributed by atoms with van der Waals surface area (Å²) in [5, 5.41) is 2.48. The molecule has 0 aliphatic carbocycles. The van der Waals surface area contributed by atoms with Crippen LogP contribution in [0.4, 0.5) is 20.2 Å². The SMILES string of the molecule is Cc1ccccc1N(CC(=O)Nc1cccc(OC(F)F)c1)S(C)(=O)=O. The third-order valence-corrected chi connectivity index (χ3v) is 4.54. The monoisotopic (exact) mass is 384 g/mol. The highest BCUT2D eigenvalue weighted by Gasteiger charge is 2.22. The Morgan fingerprint density at radius 3 is 2.50 bits per heavy atom. The predicted molar refractivity (Wildman–Crippen MR) is 95.1 cm³/mol. The van der Waals surface area contributed by atoms with E-state index in [0.29, 0.717) is 11.3 Å². The third kappa shape index (κ3) is 5.41. The molecule has 9 heteroatoms. The van der Waals surface area contributed by atoms with Crippen LogP contribution in [0.5, 0.6) is 5.75 Å². The van der Waals surface area contributed by atoms with Crippen molar-refractivity contribution in [3.05, 3.63) is 54.1 Å².